The predicted octanol–water partition coefficient (Wildman–Crippen LogP) is 3.94. The first-order valence-corrected chi connectivity index (χ1v) is 8.88. The molecule has 27 heavy (non-hydrogen) atoms. The van der Waals surface area contributed by atoms with E-state index in [9.17, 15) is 9.90 Å². The van der Waals surface area contributed by atoms with Crippen LogP contribution in [-0.2, 0) is 0 Å². The van der Waals surface area contributed by atoms with Crippen molar-refractivity contribution in [1.29, 1.82) is 0 Å². The number of hydrogen-bond acceptors (Lipinski definition) is 6. The largest absolute Gasteiger partial charge is 0.503 e. The number of aliphatic hydroxyl groups excluding tert-OH is 1. The van der Waals surface area contributed by atoms with Gasteiger partial charge in [0.05, 0.1) is 6.61 Å². The van der Waals surface area contributed by atoms with Crippen molar-refractivity contribution in [2.24, 2.45) is 0 Å². The molecular weight excluding hydrogens is 348 g/mol. The third-order valence-corrected chi connectivity index (χ3v) is 3.93. The Bertz CT molecular complexity index is 887. The summed E-state index contributed by atoms with van der Waals surface area (Å²) in [5, 5.41) is 19.7. The highest BCUT2D eigenvalue weighted by atomic mass is 16.5. The van der Waals surface area contributed by atoms with Crippen molar-refractivity contribution in [1.82, 2.24) is 0 Å². The van der Waals surface area contributed by atoms with Gasteiger partial charge in [-0.15, -0.1) is 0 Å². The Balaban J connectivity index is 2.20. The van der Waals surface area contributed by atoms with Gasteiger partial charge in [0.15, 0.2) is 5.75 Å². The molecule has 0 aliphatic rings. The van der Waals surface area contributed by atoms with E-state index in [4.69, 9.17) is 19.0 Å². The van der Waals surface area contributed by atoms with Crippen LogP contribution in [0.15, 0.2) is 50.7 Å². The first-order chi connectivity index (χ1) is 12.9. The Morgan fingerprint density at radius 3 is 2.67 bits per heavy atom. The molecule has 2 aromatic rings. The van der Waals surface area contributed by atoms with Crippen LogP contribution in [0.4, 0.5) is 0 Å². The highest BCUT2D eigenvalue weighted by Crippen LogP contribution is 2.37. The lowest BCUT2D eigenvalue weighted by molar-refractivity contribution is 0.202. The molecule has 0 bridgehead atoms. The molecule has 0 aliphatic carbocycles. The summed E-state index contributed by atoms with van der Waals surface area (Å²) in [6, 6.07) is 4.81. The molecule has 0 aliphatic heterocycles. The van der Waals surface area contributed by atoms with Gasteiger partial charge in [0.1, 0.15) is 29.9 Å². The van der Waals surface area contributed by atoms with Crippen molar-refractivity contribution in [3.63, 3.8) is 0 Å². The summed E-state index contributed by atoms with van der Waals surface area (Å²) in [5.41, 5.74) is 1.84. The van der Waals surface area contributed by atoms with Crippen molar-refractivity contribution >= 4 is 11.0 Å². The maximum Gasteiger partial charge on any atom is 0.383 e. The second-order valence-corrected chi connectivity index (χ2v) is 6.45. The van der Waals surface area contributed by atoms with Gasteiger partial charge in [0.25, 0.3) is 0 Å². The SMILES string of the molecule is CC(C)=CCCC(C)=CCOc1c(O)c2c(OCCO)cccc2oc1=O. The third-order valence-electron chi connectivity index (χ3n) is 3.93. The minimum atomic E-state index is -0.755. The van der Waals surface area contributed by atoms with Gasteiger partial charge in [-0.3, -0.25) is 0 Å². The van der Waals surface area contributed by atoms with Gasteiger partial charge < -0.3 is 24.1 Å². The molecule has 1 aromatic carbocycles. The fraction of sp³-hybridized carbons (Fsp3) is 0.381. The number of aliphatic hydroxyl groups is 1. The molecule has 1 heterocycles. The molecule has 0 saturated heterocycles. The summed E-state index contributed by atoms with van der Waals surface area (Å²) in [7, 11) is 0. The van der Waals surface area contributed by atoms with Crippen LogP contribution in [0.2, 0.25) is 0 Å². The lowest BCUT2D eigenvalue weighted by atomic mass is 10.1. The summed E-state index contributed by atoms with van der Waals surface area (Å²) >= 11 is 0. The fourth-order valence-electron chi connectivity index (χ4n) is 2.55. The lowest BCUT2D eigenvalue weighted by Crippen LogP contribution is -2.08. The van der Waals surface area contributed by atoms with Crippen molar-refractivity contribution in [3.8, 4) is 17.2 Å². The Labute approximate surface area is 158 Å². The number of aromatic hydroxyl groups is 1. The number of allylic oxidation sites excluding steroid dienone is 3. The van der Waals surface area contributed by atoms with Gasteiger partial charge in [0.2, 0.25) is 5.75 Å². The zero-order valence-corrected chi connectivity index (χ0v) is 15.9. The summed E-state index contributed by atoms with van der Waals surface area (Å²) in [6.07, 6.45) is 5.87. The van der Waals surface area contributed by atoms with Gasteiger partial charge in [-0.2, -0.15) is 0 Å². The van der Waals surface area contributed by atoms with E-state index in [-0.39, 0.29) is 42.3 Å². The minimum absolute atomic E-state index is 0.0570. The average molecular weight is 374 g/mol. The van der Waals surface area contributed by atoms with Crippen LogP contribution >= 0.6 is 0 Å². The summed E-state index contributed by atoms with van der Waals surface area (Å²) < 4.78 is 16.1. The fourth-order valence-corrected chi connectivity index (χ4v) is 2.55. The smallest absolute Gasteiger partial charge is 0.383 e. The van der Waals surface area contributed by atoms with Crippen LogP contribution in [0.1, 0.15) is 33.6 Å². The molecule has 0 unspecified atom stereocenters. The van der Waals surface area contributed by atoms with Crippen molar-refractivity contribution in [3.05, 3.63) is 51.9 Å². The van der Waals surface area contributed by atoms with E-state index in [2.05, 4.69) is 19.9 Å². The molecule has 0 amide bonds. The van der Waals surface area contributed by atoms with Gasteiger partial charge >= 0.3 is 5.63 Å². The van der Waals surface area contributed by atoms with Crippen LogP contribution in [0.3, 0.4) is 0 Å². The third kappa shape index (κ3) is 5.62. The maximum atomic E-state index is 12.1. The summed E-state index contributed by atoms with van der Waals surface area (Å²) in [4.78, 5) is 12.1. The molecule has 0 fully saturated rings. The standard InChI is InChI=1S/C21H26O6/c1-14(2)6-4-7-15(3)10-12-26-20-19(23)18-16(25-13-11-22)8-5-9-17(18)27-21(20)24/h5-6,8-10,22-23H,4,7,11-13H2,1-3H3. The van der Waals surface area contributed by atoms with E-state index in [1.807, 2.05) is 13.0 Å². The molecule has 6 heteroatoms. The lowest BCUT2D eigenvalue weighted by Gasteiger charge is -2.11. The topological polar surface area (TPSA) is 89.1 Å². The Kier molecular flexibility index (Phi) is 7.49. The molecule has 0 spiro atoms. The van der Waals surface area contributed by atoms with Crippen LogP contribution in [0.25, 0.3) is 11.0 Å². The molecule has 2 N–H and O–H groups in total. The summed E-state index contributed by atoms with van der Waals surface area (Å²) in [6.45, 7) is 6.14. The molecule has 1 aromatic heterocycles. The monoisotopic (exact) mass is 374 g/mol. The molecule has 0 saturated carbocycles. The van der Waals surface area contributed by atoms with Gasteiger partial charge in [-0.05, 0) is 51.8 Å². The highest BCUT2D eigenvalue weighted by molar-refractivity contribution is 5.91. The number of fused-ring (bicyclic) bond motifs is 1. The van der Waals surface area contributed by atoms with Crippen molar-refractivity contribution in [2.75, 3.05) is 19.8 Å². The first kappa shape index (κ1) is 20.6. The van der Waals surface area contributed by atoms with Crippen molar-refractivity contribution in [2.45, 2.75) is 33.6 Å². The van der Waals surface area contributed by atoms with E-state index in [0.717, 1.165) is 18.4 Å². The average Bonchev–Trinajstić information content (AvgIpc) is 2.62. The van der Waals surface area contributed by atoms with E-state index in [0.29, 0.717) is 5.75 Å². The number of rotatable bonds is 9. The maximum absolute atomic E-state index is 12.1. The minimum Gasteiger partial charge on any atom is -0.503 e. The first-order valence-electron chi connectivity index (χ1n) is 8.88. The molecule has 146 valence electrons. The highest BCUT2D eigenvalue weighted by Gasteiger charge is 2.18. The van der Waals surface area contributed by atoms with E-state index in [1.54, 1.807) is 18.2 Å². The Hall–Kier alpha value is -2.73. The normalized spacial score (nSPS) is 11.5. The number of hydrogen-bond donors (Lipinski definition) is 2. The zero-order chi connectivity index (χ0) is 19.8. The van der Waals surface area contributed by atoms with Crippen LogP contribution in [0, 0.1) is 0 Å². The second kappa shape index (κ2) is 9.83. The molecule has 6 nitrogen and oxygen atoms in total. The van der Waals surface area contributed by atoms with Gasteiger partial charge in [-0.25, -0.2) is 4.79 Å². The Morgan fingerprint density at radius 1 is 1.19 bits per heavy atom. The quantitative estimate of drug-likeness (QED) is 0.510. The van der Waals surface area contributed by atoms with E-state index >= 15 is 0 Å². The summed E-state index contributed by atoms with van der Waals surface area (Å²) in [5.74, 6) is -0.276. The number of benzene rings is 1. The van der Waals surface area contributed by atoms with E-state index < -0.39 is 5.63 Å². The van der Waals surface area contributed by atoms with Crippen LogP contribution < -0.4 is 15.1 Å². The Morgan fingerprint density at radius 2 is 1.96 bits per heavy atom. The van der Waals surface area contributed by atoms with Gasteiger partial charge in [0, 0.05) is 0 Å². The molecule has 0 radical (unpaired) electrons. The molecular formula is C21H26O6. The predicted molar refractivity (Wildman–Crippen MR) is 105 cm³/mol. The molecule has 2 rings (SSSR count). The second-order valence-electron chi connectivity index (χ2n) is 6.45. The zero-order valence-electron chi connectivity index (χ0n) is 15.9. The van der Waals surface area contributed by atoms with Gasteiger partial charge in [-0.1, -0.05) is 23.3 Å². The number of ether oxygens (including phenoxy) is 2. The van der Waals surface area contributed by atoms with E-state index in [1.165, 1.54) is 5.57 Å². The van der Waals surface area contributed by atoms with Crippen LogP contribution in [-0.4, -0.2) is 30.0 Å². The van der Waals surface area contributed by atoms with Crippen molar-refractivity contribution < 1.29 is 24.1 Å². The van der Waals surface area contributed by atoms with Crippen LogP contribution in [0.5, 0.6) is 17.2 Å². The molecule has 0 atom stereocenters.